The molecule has 0 unspecified atom stereocenters. The number of nitrogens with one attached hydrogen (secondary N) is 2. The molecule has 2 amide bonds. The molecule has 1 atom stereocenters. The average molecular weight is 495 g/mol. The van der Waals surface area contributed by atoms with Gasteiger partial charge in [-0.2, -0.15) is 5.10 Å². The number of anilines is 1. The SMILES string of the molecule is Cc1c(-c2cn3c4c(cccc24)N(C)C(=O)[C@@H](NC(=O)c2n[nH]c(Cc4ccccc4)n2)C3)cnn1C. The van der Waals surface area contributed by atoms with E-state index in [9.17, 15) is 9.59 Å². The Labute approximate surface area is 212 Å². The largest absolute Gasteiger partial charge is 0.343 e. The maximum atomic E-state index is 13.4. The number of aromatic amines is 1. The second kappa shape index (κ2) is 8.74. The van der Waals surface area contributed by atoms with Gasteiger partial charge in [-0.3, -0.25) is 19.4 Å². The van der Waals surface area contributed by atoms with Gasteiger partial charge >= 0.3 is 0 Å². The van der Waals surface area contributed by atoms with Crippen LogP contribution in [0.4, 0.5) is 5.69 Å². The lowest BCUT2D eigenvalue weighted by atomic mass is 10.0. The van der Waals surface area contributed by atoms with Gasteiger partial charge in [0.1, 0.15) is 11.9 Å². The molecule has 0 radical (unpaired) electrons. The second-order valence-corrected chi connectivity index (χ2v) is 9.33. The summed E-state index contributed by atoms with van der Waals surface area (Å²) in [4.78, 5) is 32.5. The first kappa shape index (κ1) is 22.7. The van der Waals surface area contributed by atoms with Gasteiger partial charge in [0.15, 0.2) is 0 Å². The molecule has 0 spiro atoms. The Hall–Kier alpha value is -4.73. The highest BCUT2D eigenvalue weighted by atomic mass is 16.2. The molecule has 0 saturated carbocycles. The van der Waals surface area contributed by atoms with E-state index in [1.54, 1.807) is 11.9 Å². The number of carbonyl (C=O) groups is 2. The molecule has 1 aliphatic heterocycles. The van der Waals surface area contributed by atoms with Crippen molar-refractivity contribution in [3.8, 4) is 11.1 Å². The molecule has 4 heterocycles. The number of hydrogen-bond acceptors (Lipinski definition) is 5. The lowest BCUT2D eigenvalue weighted by Gasteiger charge is -2.21. The number of carbonyl (C=O) groups excluding carboxylic acids is 2. The van der Waals surface area contributed by atoms with E-state index in [0.29, 0.717) is 12.2 Å². The number of rotatable bonds is 5. The Morgan fingerprint density at radius 3 is 2.68 bits per heavy atom. The van der Waals surface area contributed by atoms with Crippen LogP contribution in [0.25, 0.3) is 22.0 Å². The first-order valence-electron chi connectivity index (χ1n) is 12.0. The second-order valence-electron chi connectivity index (χ2n) is 9.33. The number of aryl methyl sites for hydroxylation is 1. The lowest BCUT2D eigenvalue weighted by molar-refractivity contribution is -0.120. The van der Waals surface area contributed by atoms with Crippen molar-refractivity contribution in [3.05, 3.63) is 83.8 Å². The maximum absolute atomic E-state index is 13.4. The summed E-state index contributed by atoms with van der Waals surface area (Å²) >= 11 is 0. The first-order chi connectivity index (χ1) is 17.9. The Morgan fingerprint density at radius 2 is 1.92 bits per heavy atom. The summed E-state index contributed by atoms with van der Waals surface area (Å²) in [7, 11) is 3.65. The van der Waals surface area contributed by atoms with Gasteiger partial charge in [0.05, 0.1) is 23.9 Å². The number of benzene rings is 2. The van der Waals surface area contributed by atoms with E-state index >= 15 is 0 Å². The van der Waals surface area contributed by atoms with Crippen LogP contribution in [-0.4, -0.2) is 54.4 Å². The van der Waals surface area contributed by atoms with Crippen molar-refractivity contribution in [2.45, 2.75) is 25.9 Å². The summed E-state index contributed by atoms with van der Waals surface area (Å²) in [6.45, 7) is 2.31. The maximum Gasteiger partial charge on any atom is 0.291 e. The third-order valence-corrected chi connectivity index (χ3v) is 7.03. The van der Waals surface area contributed by atoms with E-state index in [0.717, 1.165) is 39.0 Å². The number of nitrogens with zero attached hydrogens (tertiary/aromatic N) is 6. The minimum absolute atomic E-state index is 0.00692. The zero-order chi connectivity index (χ0) is 25.7. The lowest BCUT2D eigenvalue weighted by Crippen LogP contribution is -2.48. The van der Waals surface area contributed by atoms with E-state index in [2.05, 4.69) is 31.7 Å². The molecule has 0 bridgehead atoms. The van der Waals surface area contributed by atoms with Crippen molar-refractivity contribution < 1.29 is 9.59 Å². The van der Waals surface area contributed by atoms with Gasteiger partial charge < -0.3 is 14.8 Å². The molecule has 10 heteroatoms. The van der Waals surface area contributed by atoms with Gasteiger partial charge in [-0.15, -0.1) is 5.10 Å². The van der Waals surface area contributed by atoms with Crippen LogP contribution in [0.2, 0.25) is 0 Å². The Morgan fingerprint density at radius 1 is 1.11 bits per heavy atom. The van der Waals surface area contributed by atoms with Crippen LogP contribution in [0.15, 0.2) is 60.9 Å². The molecular weight excluding hydrogens is 468 g/mol. The Balaban J connectivity index is 1.30. The van der Waals surface area contributed by atoms with Crippen molar-refractivity contribution in [2.75, 3.05) is 11.9 Å². The van der Waals surface area contributed by atoms with Crippen LogP contribution in [0.5, 0.6) is 0 Å². The van der Waals surface area contributed by atoms with Gasteiger partial charge in [0.2, 0.25) is 5.82 Å². The minimum atomic E-state index is -0.792. The molecule has 0 aliphatic carbocycles. The van der Waals surface area contributed by atoms with Crippen molar-refractivity contribution >= 4 is 28.4 Å². The molecule has 186 valence electrons. The predicted octanol–water partition coefficient (Wildman–Crippen LogP) is 2.83. The summed E-state index contributed by atoms with van der Waals surface area (Å²) in [5, 5.41) is 15.2. The van der Waals surface area contributed by atoms with E-state index in [-0.39, 0.29) is 18.3 Å². The molecule has 3 aromatic heterocycles. The third kappa shape index (κ3) is 3.86. The predicted molar refractivity (Wildman–Crippen MR) is 139 cm³/mol. The van der Waals surface area contributed by atoms with E-state index in [1.807, 2.05) is 78.1 Å². The number of hydrogen-bond donors (Lipinski definition) is 2. The Kier molecular flexibility index (Phi) is 5.36. The fourth-order valence-corrected chi connectivity index (χ4v) is 4.96. The average Bonchev–Trinajstić information content (AvgIpc) is 3.59. The van der Waals surface area contributed by atoms with Crippen molar-refractivity contribution in [1.82, 2.24) is 34.8 Å². The third-order valence-electron chi connectivity index (χ3n) is 7.03. The quantitative estimate of drug-likeness (QED) is 0.390. The monoisotopic (exact) mass is 494 g/mol. The zero-order valence-electron chi connectivity index (χ0n) is 20.8. The van der Waals surface area contributed by atoms with E-state index in [4.69, 9.17) is 0 Å². The summed E-state index contributed by atoms with van der Waals surface area (Å²) in [6, 6.07) is 14.9. The van der Waals surface area contributed by atoms with Crippen molar-refractivity contribution in [3.63, 3.8) is 0 Å². The van der Waals surface area contributed by atoms with Crippen molar-refractivity contribution in [1.29, 1.82) is 0 Å². The van der Waals surface area contributed by atoms with Gasteiger partial charge in [-0.1, -0.05) is 42.5 Å². The number of aromatic nitrogens is 6. The van der Waals surface area contributed by atoms with Gasteiger partial charge in [0, 0.05) is 48.9 Å². The smallest absolute Gasteiger partial charge is 0.291 e. The topological polar surface area (TPSA) is 114 Å². The van der Waals surface area contributed by atoms with Gasteiger partial charge in [-0.05, 0) is 18.6 Å². The Bertz CT molecular complexity index is 1650. The summed E-state index contributed by atoms with van der Waals surface area (Å²) in [5.74, 6) is -0.118. The van der Waals surface area contributed by atoms with Crippen LogP contribution in [0, 0.1) is 6.92 Å². The zero-order valence-corrected chi connectivity index (χ0v) is 20.8. The number of para-hydroxylation sites is 1. The number of amides is 2. The fourth-order valence-electron chi connectivity index (χ4n) is 4.96. The summed E-state index contributed by atoms with van der Waals surface area (Å²) in [5.41, 5.74) is 5.90. The molecule has 0 saturated heterocycles. The van der Waals surface area contributed by atoms with Crippen LogP contribution in [0.1, 0.15) is 27.7 Å². The minimum Gasteiger partial charge on any atom is -0.343 e. The summed E-state index contributed by atoms with van der Waals surface area (Å²) in [6.07, 6.45) is 4.42. The molecule has 5 aromatic rings. The molecule has 10 nitrogen and oxygen atoms in total. The van der Waals surface area contributed by atoms with Gasteiger partial charge in [-0.25, -0.2) is 4.98 Å². The van der Waals surface area contributed by atoms with Crippen LogP contribution in [-0.2, 0) is 24.8 Å². The molecule has 0 fully saturated rings. The summed E-state index contributed by atoms with van der Waals surface area (Å²) < 4.78 is 3.88. The molecule has 2 aromatic carbocycles. The molecule has 1 aliphatic rings. The van der Waals surface area contributed by atoms with Crippen LogP contribution in [0.3, 0.4) is 0 Å². The standard InChI is InChI=1S/C27H26N8O2/c1-16-19(13-28-34(16)3)20-14-35-15-21(27(37)33(2)22-11-7-10-18(20)24(22)35)29-26(36)25-30-23(31-32-25)12-17-8-5-4-6-9-17/h4-11,13-14,21H,12,15H2,1-3H3,(H,29,36)(H,30,31,32)/t21-/m0/s1. The fraction of sp³-hybridized carbons (Fsp3) is 0.222. The molecule has 6 rings (SSSR count). The van der Waals surface area contributed by atoms with E-state index < -0.39 is 11.9 Å². The van der Waals surface area contributed by atoms with E-state index in [1.165, 1.54) is 0 Å². The normalized spacial score (nSPS) is 15.3. The number of likely N-dealkylation sites (N-methyl/N-ethyl adjacent to an activating group) is 1. The van der Waals surface area contributed by atoms with Crippen LogP contribution >= 0.6 is 0 Å². The van der Waals surface area contributed by atoms with Crippen molar-refractivity contribution in [2.24, 2.45) is 7.05 Å². The molecular formula is C27H26N8O2. The number of H-pyrrole nitrogens is 1. The first-order valence-corrected chi connectivity index (χ1v) is 12.0. The molecule has 37 heavy (non-hydrogen) atoms. The molecule has 2 N–H and O–H groups in total. The highest BCUT2D eigenvalue weighted by Gasteiger charge is 2.32. The highest BCUT2D eigenvalue weighted by molar-refractivity contribution is 6.10. The van der Waals surface area contributed by atoms with Crippen LogP contribution < -0.4 is 10.2 Å². The van der Waals surface area contributed by atoms with Gasteiger partial charge in [0.25, 0.3) is 11.8 Å². The highest BCUT2D eigenvalue weighted by Crippen LogP contribution is 2.38.